The van der Waals surface area contributed by atoms with Gasteiger partial charge in [0.25, 0.3) is 5.09 Å². The lowest BCUT2D eigenvalue weighted by atomic mass is 9.68. The van der Waals surface area contributed by atoms with E-state index in [0.29, 0.717) is 6.42 Å². The smallest absolute Gasteiger partial charge is 0.294 e. The minimum Gasteiger partial charge on any atom is -0.364 e. The van der Waals surface area contributed by atoms with E-state index in [9.17, 15) is 20.2 Å². The Hall–Kier alpha value is -1.48. The van der Waals surface area contributed by atoms with Crippen LogP contribution in [0.1, 0.15) is 34.1 Å². The number of nitrogens with zero attached hydrogens (tertiary/aromatic N) is 3. The van der Waals surface area contributed by atoms with Crippen LogP contribution in [0, 0.1) is 26.9 Å². The average molecular weight is 291 g/mol. The molecule has 1 rings (SSSR count). The second-order valence-electron chi connectivity index (χ2n) is 6.14. The molecule has 1 N–H and O–H groups in total. The van der Waals surface area contributed by atoms with Crippen LogP contribution in [0.2, 0.25) is 0 Å². The average Bonchev–Trinajstić information content (AvgIpc) is 2.34. The summed E-state index contributed by atoms with van der Waals surface area (Å²) in [5.74, 6) is -0.496. The first-order valence-corrected chi connectivity index (χ1v) is 6.35. The fourth-order valence-corrected chi connectivity index (χ4v) is 2.82. The van der Waals surface area contributed by atoms with Gasteiger partial charge in [0.05, 0.1) is 0 Å². The van der Waals surface area contributed by atoms with Gasteiger partial charge in [0.2, 0.25) is 0 Å². The van der Waals surface area contributed by atoms with E-state index in [1.165, 1.54) is 0 Å². The van der Waals surface area contributed by atoms with Crippen LogP contribution in [-0.2, 0) is 9.68 Å². The van der Waals surface area contributed by atoms with Gasteiger partial charge in [-0.05, 0) is 34.1 Å². The largest absolute Gasteiger partial charge is 0.364 e. The van der Waals surface area contributed by atoms with E-state index >= 15 is 0 Å². The van der Waals surface area contributed by atoms with Crippen molar-refractivity contribution in [3.8, 4) is 0 Å². The molecule has 1 saturated heterocycles. The lowest BCUT2D eigenvalue weighted by molar-refractivity contribution is -0.760. The summed E-state index contributed by atoms with van der Waals surface area (Å²) in [6, 6.07) is 0. The van der Waals surface area contributed by atoms with Gasteiger partial charge in [0.1, 0.15) is 13.2 Å². The van der Waals surface area contributed by atoms with Crippen LogP contribution in [0.25, 0.3) is 0 Å². The molecule has 0 saturated carbocycles. The summed E-state index contributed by atoms with van der Waals surface area (Å²) < 4.78 is 0. The van der Waals surface area contributed by atoms with Crippen LogP contribution >= 0.6 is 0 Å². The Labute approximate surface area is 116 Å². The summed E-state index contributed by atoms with van der Waals surface area (Å²) in [6.45, 7) is 7.13. The highest BCUT2D eigenvalue weighted by molar-refractivity contribution is 5.01. The standard InChI is InChI=1S/C11H21N3O6/c1-10(2)8(6-19-12-15)5-9(7-20-14(17)18)11(3,4)13(10)16/h8-9,16H,5-7H2,1-4H3. The first-order chi connectivity index (χ1) is 9.14. The molecule has 9 nitrogen and oxygen atoms in total. The molecule has 0 bridgehead atoms. The minimum absolute atomic E-state index is 0.0403. The van der Waals surface area contributed by atoms with Crippen LogP contribution in [0.5, 0.6) is 0 Å². The monoisotopic (exact) mass is 291 g/mol. The number of rotatable bonds is 6. The van der Waals surface area contributed by atoms with E-state index in [2.05, 4.69) is 15.0 Å². The van der Waals surface area contributed by atoms with Crippen molar-refractivity contribution in [2.75, 3.05) is 13.2 Å². The first-order valence-electron chi connectivity index (χ1n) is 6.35. The van der Waals surface area contributed by atoms with Crippen LogP contribution in [0.4, 0.5) is 0 Å². The normalized spacial score (nSPS) is 28.6. The molecule has 0 aromatic carbocycles. The summed E-state index contributed by atoms with van der Waals surface area (Å²) >= 11 is 0. The second kappa shape index (κ2) is 5.88. The van der Waals surface area contributed by atoms with Crippen LogP contribution < -0.4 is 0 Å². The number of hydrogen-bond donors (Lipinski definition) is 1. The molecule has 0 radical (unpaired) electrons. The number of piperidine rings is 1. The maximum absolute atomic E-state index is 10.4. The Bertz CT molecular complexity index is 373. The Morgan fingerprint density at radius 1 is 1.30 bits per heavy atom. The van der Waals surface area contributed by atoms with Gasteiger partial charge in [0.15, 0.2) is 5.34 Å². The molecule has 116 valence electrons. The lowest BCUT2D eigenvalue weighted by Crippen LogP contribution is -2.66. The van der Waals surface area contributed by atoms with Crippen molar-refractivity contribution in [2.24, 2.45) is 17.2 Å². The van der Waals surface area contributed by atoms with E-state index in [1.807, 2.05) is 13.8 Å². The predicted octanol–water partition coefficient (Wildman–Crippen LogP) is 1.78. The van der Waals surface area contributed by atoms with Crippen molar-refractivity contribution >= 4 is 0 Å². The molecule has 0 aromatic heterocycles. The SMILES string of the molecule is CC1(C)C(CON=O)CC(CO[N+](=O)[O-])C(C)(C)N1O. The summed E-state index contributed by atoms with van der Waals surface area (Å²) in [6.07, 6.45) is 0.514. The lowest BCUT2D eigenvalue weighted by Gasteiger charge is -2.55. The molecular weight excluding hydrogens is 270 g/mol. The molecule has 20 heavy (non-hydrogen) atoms. The quantitative estimate of drug-likeness (QED) is 0.450. The Morgan fingerprint density at radius 2 is 1.80 bits per heavy atom. The van der Waals surface area contributed by atoms with E-state index in [1.54, 1.807) is 13.8 Å². The molecule has 9 heteroatoms. The van der Waals surface area contributed by atoms with Crippen LogP contribution in [-0.4, -0.2) is 39.6 Å². The molecule has 1 aliphatic rings. The Kier molecular flexibility index (Phi) is 4.87. The van der Waals surface area contributed by atoms with Crippen molar-refractivity contribution in [1.82, 2.24) is 5.06 Å². The Morgan fingerprint density at radius 3 is 2.25 bits per heavy atom. The molecule has 0 aliphatic carbocycles. The molecule has 1 fully saturated rings. The summed E-state index contributed by atoms with van der Waals surface area (Å²) in [4.78, 5) is 29.4. The van der Waals surface area contributed by atoms with Gasteiger partial charge in [-0.25, -0.2) is 0 Å². The second-order valence-corrected chi connectivity index (χ2v) is 6.14. The van der Waals surface area contributed by atoms with E-state index in [0.717, 1.165) is 5.06 Å². The van der Waals surface area contributed by atoms with Crippen molar-refractivity contribution < 1.29 is 20.0 Å². The third-order valence-electron chi connectivity index (χ3n) is 4.37. The van der Waals surface area contributed by atoms with Crippen molar-refractivity contribution in [1.29, 1.82) is 0 Å². The summed E-state index contributed by atoms with van der Waals surface area (Å²) in [5, 5.41) is 23.4. The highest BCUT2D eigenvalue weighted by Crippen LogP contribution is 2.44. The van der Waals surface area contributed by atoms with E-state index in [4.69, 9.17) is 0 Å². The van der Waals surface area contributed by atoms with Gasteiger partial charge in [0, 0.05) is 22.9 Å². The Balaban J connectivity index is 2.90. The van der Waals surface area contributed by atoms with Crippen molar-refractivity contribution in [2.45, 2.75) is 45.2 Å². The third-order valence-corrected chi connectivity index (χ3v) is 4.37. The van der Waals surface area contributed by atoms with E-state index < -0.39 is 16.2 Å². The van der Waals surface area contributed by atoms with Crippen LogP contribution in [0.3, 0.4) is 0 Å². The highest BCUT2D eigenvalue weighted by atomic mass is 16.9. The van der Waals surface area contributed by atoms with Gasteiger partial charge in [-0.1, -0.05) is 0 Å². The fourth-order valence-electron chi connectivity index (χ4n) is 2.82. The zero-order chi connectivity index (χ0) is 15.6. The summed E-state index contributed by atoms with van der Waals surface area (Å²) in [5.41, 5.74) is -1.36. The molecule has 0 amide bonds. The maximum atomic E-state index is 10.4. The van der Waals surface area contributed by atoms with Gasteiger partial charge in [-0.2, -0.15) is 5.06 Å². The van der Waals surface area contributed by atoms with Gasteiger partial charge in [-0.15, -0.1) is 15.0 Å². The first kappa shape index (κ1) is 16.6. The van der Waals surface area contributed by atoms with E-state index in [-0.39, 0.29) is 25.0 Å². The third kappa shape index (κ3) is 3.15. The zero-order valence-corrected chi connectivity index (χ0v) is 12.1. The molecule has 1 aliphatic heterocycles. The predicted molar refractivity (Wildman–Crippen MR) is 68.1 cm³/mol. The van der Waals surface area contributed by atoms with Crippen molar-refractivity contribution in [3.63, 3.8) is 0 Å². The molecule has 1 heterocycles. The van der Waals surface area contributed by atoms with Gasteiger partial charge in [-0.3, -0.25) is 0 Å². The molecule has 0 aromatic rings. The van der Waals surface area contributed by atoms with Crippen LogP contribution in [0.15, 0.2) is 5.34 Å². The number of hydrogen-bond acceptors (Lipinski definition) is 8. The molecule has 0 spiro atoms. The topological polar surface area (TPSA) is 114 Å². The van der Waals surface area contributed by atoms with Crippen molar-refractivity contribution in [3.05, 3.63) is 15.0 Å². The fraction of sp³-hybridized carbons (Fsp3) is 1.00. The van der Waals surface area contributed by atoms with Gasteiger partial charge < -0.3 is 14.9 Å². The maximum Gasteiger partial charge on any atom is 0.294 e. The molecule has 2 atom stereocenters. The minimum atomic E-state index is -0.851. The number of hydroxylamine groups is 2. The summed E-state index contributed by atoms with van der Waals surface area (Å²) in [7, 11) is 0. The molecule has 2 unspecified atom stereocenters. The van der Waals surface area contributed by atoms with Gasteiger partial charge >= 0.3 is 0 Å². The highest BCUT2D eigenvalue weighted by Gasteiger charge is 2.52. The molecular formula is C11H21N3O6. The zero-order valence-electron chi connectivity index (χ0n) is 12.1.